The molecule has 1 aliphatic heterocycles. The van der Waals surface area contributed by atoms with E-state index in [9.17, 15) is 4.79 Å². The summed E-state index contributed by atoms with van der Waals surface area (Å²) in [5, 5.41) is 4.07. The number of piperidine rings is 1. The predicted octanol–water partition coefficient (Wildman–Crippen LogP) is 4.75. The van der Waals surface area contributed by atoms with E-state index in [4.69, 9.17) is 9.26 Å². The molecule has 0 radical (unpaired) electrons. The molecule has 0 unspecified atom stereocenters. The summed E-state index contributed by atoms with van der Waals surface area (Å²) in [5.41, 5.74) is 3.39. The standard InChI is InChI=1S/C24H26N2O3/c1-17-22(23(29-25-17)20-8-10-21(28-2)11-9-20)24(27)26-14-12-19(13-15-26)16-18-6-4-3-5-7-18/h3-11,19H,12-16H2,1-2H3. The van der Waals surface area contributed by atoms with Gasteiger partial charge in [0.25, 0.3) is 5.91 Å². The zero-order chi connectivity index (χ0) is 20.2. The highest BCUT2D eigenvalue weighted by Crippen LogP contribution is 2.30. The number of methoxy groups -OCH3 is 1. The quantitative estimate of drug-likeness (QED) is 0.631. The fraction of sp³-hybridized carbons (Fsp3) is 0.333. The van der Waals surface area contributed by atoms with Crippen LogP contribution in [0, 0.1) is 12.8 Å². The van der Waals surface area contributed by atoms with Gasteiger partial charge >= 0.3 is 0 Å². The lowest BCUT2D eigenvalue weighted by Crippen LogP contribution is -2.39. The molecular weight excluding hydrogens is 364 g/mol. The third kappa shape index (κ3) is 4.19. The Morgan fingerprint density at radius 3 is 2.45 bits per heavy atom. The van der Waals surface area contributed by atoms with Gasteiger partial charge in [0.05, 0.1) is 12.8 Å². The van der Waals surface area contributed by atoms with E-state index < -0.39 is 0 Å². The molecule has 0 spiro atoms. The first kappa shape index (κ1) is 19.2. The van der Waals surface area contributed by atoms with Crippen molar-refractivity contribution in [2.24, 2.45) is 5.92 Å². The molecule has 0 N–H and O–H groups in total. The molecule has 1 amide bonds. The number of hydrogen-bond donors (Lipinski definition) is 0. The molecule has 29 heavy (non-hydrogen) atoms. The molecule has 0 saturated carbocycles. The van der Waals surface area contributed by atoms with Crippen molar-refractivity contribution in [3.8, 4) is 17.1 Å². The second kappa shape index (κ2) is 8.52. The van der Waals surface area contributed by atoms with Crippen LogP contribution in [0.1, 0.15) is 34.5 Å². The normalized spacial score (nSPS) is 14.8. The number of hydrogen-bond acceptors (Lipinski definition) is 4. The lowest BCUT2D eigenvalue weighted by atomic mass is 9.90. The molecule has 2 aromatic carbocycles. The third-order valence-corrected chi connectivity index (χ3v) is 5.70. The minimum absolute atomic E-state index is 0.00716. The maximum atomic E-state index is 13.3. The van der Waals surface area contributed by atoms with Gasteiger partial charge < -0.3 is 14.2 Å². The van der Waals surface area contributed by atoms with Crippen LogP contribution in [0.25, 0.3) is 11.3 Å². The molecule has 0 bridgehead atoms. The van der Waals surface area contributed by atoms with Crippen molar-refractivity contribution in [1.82, 2.24) is 10.1 Å². The second-order valence-corrected chi connectivity index (χ2v) is 7.63. The number of carbonyl (C=O) groups is 1. The number of carbonyl (C=O) groups excluding carboxylic acids is 1. The Hall–Kier alpha value is -3.08. The molecule has 1 aromatic heterocycles. The highest BCUT2D eigenvalue weighted by Gasteiger charge is 2.29. The molecule has 4 rings (SSSR count). The Morgan fingerprint density at radius 2 is 1.79 bits per heavy atom. The van der Waals surface area contributed by atoms with E-state index in [0.29, 0.717) is 22.9 Å². The van der Waals surface area contributed by atoms with Crippen LogP contribution < -0.4 is 4.74 Å². The van der Waals surface area contributed by atoms with Gasteiger partial charge in [0.15, 0.2) is 5.76 Å². The van der Waals surface area contributed by atoms with Crippen LogP contribution in [0.2, 0.25) is 0 Å². The molecular formula is C24H26N2O3. The molecule has 2 heterocycles. The third-order valence-electron chi connectivity index (χ3n) is 5.70. The predicted molar refractivity (Wildman–Crippen MR) is 112 cm³/mol. The number of nitrogens with zero attached hydrogens (tertiary/aromatic N) is 2. The van der Waals surface area contributed by atoms with Crippen LogP contribution in [0.15, 0.2) is 59.1 Å². The van der Waals surface area contributed by atoms with Crippen molar-refractivity contribution in [3.63, 3.8) is 0 Å². The van der Waals surface area contributed by atoms with Gasteiger partial charge in [-0.15, -0.1) is 0 Å². The minimum Gasteiger partial charge on any atom is -0.497 e. The molecule has 1 saturated heterocycles. The molecule has 3 aromatic rings. The minimum atomic E-state index is 0.00716. The highest BCUT2D eigenvalue weighted by molar-refractivity contribution is 6.00. The topological polar surface area (TPSA) is 55.6 Å². The average molecular weight is 390 g/mol. The summed E-state index contributed by atoms with van der Waals surface area (Å²) in [4.78, 5) is 15.2. The van der Waals surface area contributed by atoms with Gasteiger partial charge in [0.1, 0.15) is 11.3 Å². The van der Waals surface area contributed by atoms with Crippen LogP contribution in [0.3, 0.4) is 0 Å². The first-order valence-electron chi connectivity index (χ1n) is 10.1. The summed E-state index contributed by atoms with van der Waals surface area (Å²) in [7, 11) is 1.63. The number of amides is 1. The van der Waals surface area contributed by atoms with E-state index >= 15 is 0 Å². The summed E-state index contributed by atoms with van der Waals surface area (Å²) in [5.74, 6) is 1.92. The van der Waals surface area contributed by atoms with E-state index in [1.54, 1.807) is 7.11 Å². The van der Waals surface area contributed by atoms with Crippen LogP contribution in [0.4, 0.5) is 0 Å². The van der Waals surface area contributed by atoms with Crippen molar-refractivity contribution in [2.75, 3.05) is 20.2 Å². The zero-order valence-electron chi connectivity index (χ0n) is 16.9. The lowest BCUT2D eigenvalue weighted by molar-refractivity contribution is 0.0690. The molecule has 150 valence electrons. The maximum absolute atomic E-state index is 13.3. The SMILES string of the molecule is COc1ccc(-c2onc(C)c2C(=O)N2CCC(Cc3ccccc3)CC2)cc1. The van der Waals surface area contributed by atoms with E-state index in [2.05, 4.69) is 29.4 Å². The lowest BCUT2D eigenvalue weighted by Gasteiger charge is -2.32. The summed E-state index contributed by atoms with van der Waals surface area (Å²) in [6.07, 6.45) is 3.11. The molecule has 5 heteroatoms. The first-order chi connectivity index (χ1) is 14.2. The van der Waals surface area contributed by atoms with Crippen molar-refractivity contribution in [2.45, 2.75) is 26.2 Å². The van der Waals surface area contributed by atoms with Crippen molar-refractivity contribution >= 4 is 5.91 Å². The van der Waals surface area contributed by atoms with Crippen LogP contribution >= 0.6 is 0 Å². The van der Waals surface area contributed by atoms with Gasteiger partial charge in [-0.3, -0.25) is 4.79 Å². The molecule has 1 fully saturated rings. The fourth-order valence-corrected chi connectivity index (χ4v) is 4.01. The Labute approximate surface area is 171 Å². The van der Waals surface area contributed by atoms with Gasteiger partial charge in [-0.1, -0.05) is 35.5 Å². The van der Waals surface area contributed by atoms with Crippen LogP contribution in [-0.4, -0.2) is 36.2 Å². The van der Waals surface area contributed by atoms with Gasteiger partial charge in [-0.05, 0) is 61.9 Å². The Kier molecular flexibility index (Phi) is 5.65. The monoisotopic (exact) mass is 390 g/mol. The molecule has 5 nitrogen and oxygen atoms in total. The van der Waals surface area contributed by atoms with Gasteiger partial charge in [0.2, 0.25) is 0 Å². The average Bonchev–Trinajstić information content (AvgIpc) is 3.16. The first-order valence-corrected chi connectivity index (χ1v) is 10.1. The fourth-order valence-electron chi connectivity index (χ4n) is 4.01. The van der Waals surface area contributed by atoms with Gasteiger partial charge in [-0.25, -0.2) is 0 Å². The van der Waals surface area contributed by atoms with Crippen molar-refractivity contribution in [3.05, 3.63) is 71.4 Å². The highest BCUT2D eigenvalue weighted by atomic mass is 16.5. The Morgan fingerprint density at radius 1 is 1.10 bits per heavy atom. The Balaban J connectivity index is 1.46. The van der Waals surface area contributed by atoms with E-state index in [1.807, 2.05) is 42.2 Å². The van der Waals surface area contributed by atoms with Crippen LogP contribution in [0.5, 0.6) is 5.75 Å². The summed E-state index contributed by atoms with van der Waals surface area (Å²) in [6, 6.07) is 18.1. The molecule has 1 aliphatic rings. The second-order valence-electron chi connectivity index (χ2n) is 7.63. The number of rotatable bonds is 5. The number of aromatic nitrogens is 1. The van der Waals surface area contributed by atoms with Crippen molar-refractivity contribution < 1.29 is 14.1 Å². The van der Waals surface area contributed by atoms with Crippen molar-refractivity contribution in [1.29, 1.82) is 0 Å². The number of benzene rings is 2. The summed E-state index contributed by atoms with van der Waals surface area (Å²) < 4.78 is 10.7. The van der Waals surface area contributed by atoms with Crippen LogP contribution in [-0.2, 0) is 6.42 Å². The number of likely N-dealkylation sites (tertiary alicyclic amines) is 1. The smallest absolute Gasteiger partial charge is 0.259 e. The van der Waals surface area contributed by atoms with Gasteiger partial charge in [0, 0.05) is 18.7 Å². The van der Waals surface area contributed by atoms with E-state index in [1.165, 1.54) is 5.56 Å². The molecule has 0 atom stereocenters. The largest absolute Gasteiger partial charge is 0.497 e. The number of ether oxygens (including phenoxy) is 1. The maximum Gasteiger partial charge on any atom is 0.259 e. The zero-order valence-corrected chi connectivity index (χ0v) is 16.9. The number of aryl methyl sites for hydroxylation is 1. The molecule has 0 aliphatic carbocycles. The Bertz CT molecular complexity index is 956. The van der Waals surface area contributed by atoms with E-state index in [0.717, 1.165) is 43.7 Å². The summed E-state index contributed by atoms with van der Waals surface area (Å²) >= 11 is 0. The summed E-state index contributed by atoms with van der Waals surface area (Å²) in [6.45, 7) is 3.36. The van der Waals surface area contributed by atoms with Gasteiger partial charge in [-0.2, -0.15) is 0 Å². The van der Waals surface area contributed by atoms with E-state index in [-0.39, 0.29) is 5.91 Å².